The van der Waals surface area contributed by atoms with Crippen LogP contribution in [0.4, 0.5) is 5.82 Å². The van der Waals surface area contributed by atoms with Crippen LogP contribution >= 0.6 is 0 Å². The maximum absolute atomic E-state index is 9.36. The lowest BCUT2D eigenvalue weighted by Crippen LogP contribution is -1.99. The molecule has 78 valence electrons. The largest absolute Gasteiger partial charge is 0.508 e. The molecule has 0 aliphatic rings. The lowest BCUT2D eigenvalue weighted by molar-refractivity contribution is 0.476. The number of aromatic hydroxyl groups is 1. The van der Waals surface area contributed by atoms with Gasteiger partial charge in [-0.2, -0.15) is 5.26 Å². The maximum atomic E-state index is 9.36. The molecule has 0 saturated heterocycles. The molecular formula is C12H9N3O. The van der Waals surface area contributed by atoms with Crippen LogP contribution in [0.3, 0.4) is 0 Å². The van der Waals surface area contributed by atoms with Crippen LogP contribution in [0.5, 0.6) is 5.75 Å². The van der Waals surface area contributed by atoms with Crippen LogP contribution in [-0.4, -0.2) is 16.6 Å². The third-order valence-corrected chi connectivity index (χ3v) is 2.26. The van der Waals surface area contributed by atoms with E-state index in [9.17, 15) is 5.11 Å². The van der Waals surface area contributed by atoms with Gasteiger partial charge in [0.1, 0.15) is 23.2 Å². The van der Waals surface area contributed by atoms with Crippen molar-refractivity contribution in [3.05, 3.63) is 23.8 Å². The monoisotopic (exact) mass is 211 g/mol. The van der Waals surface area contributed by atoms with Gasteiger partial charge in [-0.25, -0.2) is 0 Å². The molecule has 0 bridgehead atoms. The van der Waals surface area contributed by atoms with E-state index in [1.165, 1.54) is 0 Å². The number of hydrogen-bond acceptors (Lipinski definition) is 3. The fourth-order valence-corrected chi connectivity index (χ4v) is 1.57. The quantitative estimate of drug-likeness (QED) is 0.663. The Morgan fingerprint density at radius 3 is 3.00 bits per heavy atom. The molecule has 4 heteroatoms. The summed E-state index contributed by atoms with van der Waals surface area (Å²) in [6, 6.07) is 6.90. The average Bonchev–Trinajstić information content (AvgIpc) is 2.63. The third kappa shape index (κ3) is 1.53. The average molecular weight is 211 g/mol. The highest BCUT2D eigenvalue weighted by Crippen LogP contribution is 2.28. The number of anilines is 1. The van der Waals surface area contributed by atoms with Crippen molar-refractivity contribution >= 4 is 16.7 Å². The number of aromatic amines is 1. The number of phenols is 1. The van der Waals surface area contributed by atoms with E-state index in [1.54, 1.807) is 18.2 Å². The van der Waals surface area contributed by atoms with Gasteiger partial charge in [-0.05, 0) is 18.2 Å². The lowest BCUT2D eigenvalue weighted by atomic mass is 10.2. The lowest BCUT2D eigenvalue weighted by Gasteiger charge is -1.97. The second-order valence-electron chi connectivity index (χ2n) is 3.27. The van der Waals surface area contributed by atoms with E-state index in [0.29, 0.717) is 23.3 Å². The van der Waals surface area contributed by atoms with Gasteiger partial charge in [0.25, 0.3) is 0 Å². The molecule has 1 aromatic carbocycles. The van der Waals surface area contributed by atoms with E-state index in [0.717, 1.165) is 5.52 Å². The summed E-state index contributed by atoms with van der Waals surface area (Å²) in [4.78, 5) is 3.04. The number of H-pyrrole nitrogens is 1. The maximum Gasteiger partial charge on any atom is 0.123 e. The van der Waals surface area contributed by atoms with Crippen LogP contribution in [0, 0.1) is 23.7 Å². The van der Waals surface area contributed by atoms with Crippen LogP contribution in [0.1, 0.15) is 5.56 Å². The van der Waals surface area contributed by atoms with Crippen molar-refractivity contribution in [1.29, 1.82) is 5.26 Å². The minimum Gasteiger partial charge on any atom is -0.508 e. The number of fused-ring (bicyclic) bond motifs is 1. The Morgan fingerprint density at radius 1 is 1.50 bits per heavy atom. The van der Waals surface area contributed by atoms with Crippen LogP contribution in [0.15, 0.2) is 18.2 Å². The minimum atomic E-state index is 0.131. The molecular weight excluding hydrogens is 202 g/mol. The Hall–Kier alpha value is -2.59. The van der Waals surface area contributed by atoms with Gasteiger partial charge in [0, 0.05) is 10.9 Å². The van der Waals surface area contributed by atoms with Crippen LogP contribution < -0.4 is 5.32 Å². The topological polar surface area (TPSA) is 71.8 Å². The van der Waals surface area contributed by atoms with Crippen molar-refractivity contribution in [1.82, 2.24) is 4.98 Å². The summed E-state index contributed by atoms with van der Waals surface area (Å²) in [6.45, 7) is 0.341. The molecule has 16 heavy (non-hydrogen) atoms. The highest BCUT2D eigenvalue weighted by Gasteiger charge is 2.10. The van der Waals surface area contributed by atoms with E-state index < -0.39 is 0 Å². The first-order chi connectivity index (χ1) is 7.76. The number of nitrogens with one attached hydrogen (secondary N) is 2. The van der Waals surface area contributed by atoms with E-state index in [1.807, 2.05) is 0 Å². The van der Waals surface area contributed by atoms with Crippen molar-refractivity contribution in [2.24, 2.45) is 0 Å². The standard InChI is InChI=1S/C12H9N3O/c1-2-5-14-12-10(7-13)9-6-8(16)3-4-11(9)15-12/h1,3-4,6,14-16H,5H2. The SMILES string of the molecule is C#CCNc1[nH]c2ccc(O)cc2c1C#N. The smallest absolute Gasteiger partial charge is 0.123 e. The predicted molar refractivity (Wildman–Crippen MR) is 62.0 cm³/mol. The van der Waals surface area contributed by atoms with Crippen LogP contribution in [0.2, 0.25) is 0 Å². The van der Waals surface area contributed by atoms with E-state index >= 15 is 0 Å². The molecule has 1 aromatic heterocycles. The van der Waals surface area contributed by atoms with Gasteiger partial charge in [0.05, 0.1) is 6.54 Å². The molecule has 0 amide bonds. The van der Waals surface area contributed by atoms with Gasteiger partial charge in [-0.3, -0.25) is 0 Å². The molecule has 2 rings (SSSR count). The first-order valence-electron chi connectivity index (χ1n) is 4.68. The van der Waals surface area contributed by atoms with Crippen LogP contribution in [0.25, 0.3) is 10.9 Å². The summed E-state index contributed by atoms with van der Waals surface area (Å²) in [6.07, 6.45) is 5.14. The second kappa shape index (κ2) is 3.88. The summed E-state index contributed by atoms with van der Waals surface area (Å²) >= 11 is 0. The first kappa shape index (κ1) is 9.95. The first-order valence-corrected chi connectivity index (χ1v) is 4.68. The zero-order valence-corrected chi connectivity index (χ0v) is 8.41. The van der Waals surface area contributed by atoms with Gasteiger partial charge >= 0.3 is 0 Å². The predicted octanol–water partition coefficient (Wildman–Crippen LogP) is 1.79. The van der Waals surface area contributed by atoms with Crippen molar-refractivity contribution in [2.75, 3.05) is 11.9 Å². The third-order valence-electron chi connectivity index (χ3n) is 2.26. The number of aromatic nitrogens is 1. The summed E-state index contributed by atoms with van der Waals surface area (Å²) < 4.78 is 0. The molecule has 0 fully saturated rings. The van der Waals surface area contributed by atoms with E-state index in [4.69, 9.17) is 11.7 Å². The molecule has 1 heterocycles. The van der Waals surface area contributed by atoms with Crippen molar-refractivity contribution < 1.29 is 5.11 Å². The fourth-order valence-electron chi connectivity index (χ4n) is 1.57. The highest BCUT2D eigenvalue weighted by atomic mass is 16.3. The van der Waals surface area contributed by atoms with Gasteiger partial charge in [0.15, 0.2) is 0 Å². The fraction of sp³-hybridized carbons (Fsp3) is 0.0833. The molecule has 0 atom stereocenters. The Bertz CT molecular complexity index is 613. The molecule has 3 N–H and O–H groups in total. The van der Waals surface area contributed by atoms with Crippen molar-refractivity contribution in [3.63, 3.8) is 0 Å². The highest BCUT2D eigenvalue weighted by molar-refractivity contribution is 5.92. The summed E-state index contributed by atoms with van der Waals surface area (Å²) in [7, 11) is 0. The molecule has 0 unspecified atom stereocenters. The number of nitrogens with zero attached hydrogens (tertiary/aromatic N) is 1. The number of rotatable bonds is 2. The number of terminal acetylenes is 1. The molecule has 0 aliphatic heterocycles. The Labute approximate surface area is 92.5 Å². The van der Waals surface area contributed by atoms with E-state index in [2.05, 4.69) is 22.3 Å². The number of benzene rings is 1. The molecule has 4 nitrogen and oxygen atoms in total. The van der Waals surface area contributed by atoms with Gasteiger partial charge < -0.3 is 15.4 Å². The second-order valence-corrected chi connectivity index (χ2v) is 3.27. The molecule has 0 saturated carbocycles. The van der Waals surface area contributed by atoms with Crippen LogP contribution in [-0.2, 0) is 0 Å². The van der Waals surface area contributed by atoms with Gasteiger partial charge in [-0.15, -0.1) is 6.42 Å². The molecule has 0 spiro atoms. The van der Waals surface area contributed by atoms with Gasteiger partial charge in [0.2, 0.25) is 0 Å². The molecule has 2 aromatic rings. The van der Waals surface area contributed by atoms with E-state index in [-0.39, 0.29) is 5.75 Å². The molecule has 0 aliphatic carbocycles. The minimum absolute atomic E-state index is 0.131. The van der Waals surface area contributed by atoms with Gasteiger partial charge in [-0.1, -0.05) is 5.92 Å². The molecule has 0 radical (unpaired) electrons. The Morgan fingerprint density at radius 2 is 2.31 bits per heavy atom. The van der Waals surface area contributed by atoms with Crippen molar-refractivity contribution in [2.45, 2.75) is 0 Å². The number of phenolic OH excluding ortho intramolecular Hbond substituents is 1. The van der Waals surface area contributed by atoms with Crippen molar-refractivity contribution in [3.8, 4) is 24.2 Å². The normalized spacial score (nSPS) is 9.62. The Balaban J connectivity index is 2.60. The summed E-state index contributed by atoms with van der Waals surface area (Å²) in [5.41, 5.74) is 1.25. The zero-order valence-electron chi connectivity index (χ0n) is 8.41. The number of nitriles is 1. The summed E-state index contributed by atoms with van der Waals surface area (Å²) in [5, 5.41) is 22.0. The zero-order chi connectivity index (χ0) is 11.5. The Kier molecular flexibility index (Phi) is 2.41. The number of hydrogen-bond donors (Lipinski definition) is 3. The summed E-state index contributed by atoms with van der Waals surface area (Å²) in [5.74, 6) is 3.15.